The molecule has 2 rings (SSSR count). The zero-order valence-corrected chi connectivity index (χ0v) is 11.3. The van der Waals surface area contributed by atoms with E-state index in [1.54, 1.807) is 0 Å². The lowest BCUT2D eigenvalue weighted by molar-refractivity contribution is 0.0576. The molecule has 0 saturated heterocycles. The van der Waals surface area contributed by atoms with Crippen LogP contribution in [-0.2, 0) is 0 Å². The van der Waals surface area contributed by atoms with Crippen molar-refractivity contribution in [1.29, 1.82) is 0 Å². The maximum absolute atomic E-state index is 9.42. The van der Waals surface area contributed by atoms with Crippen LogP contribution in [0.1, 0.15) is 30.4 Å². The molecule has 0 atom stereocenters. The van der Waals surface area contributed by atoms with Crippen molar-refractivity contribution in [3.05, 3.63) is 28.3 Å². The van der Waals surface area contributed by atoms with Crippen LogP contribution in [0.5, 0.6) is 0 Å². The van der Waals surface area contributed by atoms with Crippen molar-refractivity contribution in [2.24, 2.45) is 5.41 Å². The molecule has 0 radical (unpaired) electrons. The lowest BCUT2D eigenvalue weighted by Crippen LogP contribution is -2.39. The van der Waals surface area contributed by atoms with E-state index in [0.29, 0.717) is 0 Å². The van der Waals surface area contributed by atoms with Crippen molar-refractivity contribution in [2.75, 3.05) is 18.5 Å². The predicted molar refractivity (Wildman–Crippen MR) is 72.8 cm³/mol. The zero-order valence-electron chi connectivity index (χ0n) is 10.5. The largest absolute Gasteiger partial charge is 0.396 e. The summed E-state index contributed by atoms with van der Waals surface area (Å²) in [5.41, 5.74) is 3.44. The third-order valence-corrected chi connectivity index (χ3v) is 4.12. The van der Waals surface area contributed by atoms with Crippen molar-refractivity contribution in [1.82, 2.24) is 0 Å². The molecule has 1 aromatic rings. The molecule has 1 aromatic carbocycles. The standard InChI is InChI=1S/C14H20ClNO/c1-10-6-11(2)13(12(15)7-10)16-8-14(9-17)4-3-5-14/h6-7,16-17H,3-5,8-9H2,1-2H3. The number of rotatable bonds is 4. The van der Waals surface area contributed by atoms with Gasteiger partial charge in [0, 0.05) is 12.0 Å². The van der Waals surface area contributed by atoms with E-state index in [9.17, 15) is 5.11 Å². The number of benzene rings is 1. The average Bonchev–Trinajstić information content (AvgIpc) is 2.19. The van der Waals surface area contributed by atoms with Gasteiger partial charge >= 0.3 is 0 Å². The number of halogens is 1. The molecule has 1 aliphatic rings. The first-order valence-electron chi connectivity index (χ1n) is 6.18. The van der Waals surface area contributed by atoms with Crippen LogP contribution >= 0.6 is 11.6 Å². The van der Waals surface area contributed by atoms with E-state index in [0.717, 1.165) is 30.1 Å². The van der Waals surface area contributed by atoms with E-state index in [1.807, 2.05) is 13.0 Å². The summed E-state index contributed by atoms with van der Waals surface area (Å²) in [6.07, 6.45) is 3.45. The molecular weight excluding hydrogens is 234 g/mol. The van der Waals surface area contributed by atoms with Crippen molar-refractivity contribution in [3.8, 4) is 0 Å². The summed E-state index contributed by atoms with van der Waals surface area (Å²) in [5, 5.41) is 13.6. The highest BCUT2D eigenvalue weighted by Crippen LogP contribution is 2.41. The fraction of sp³-hybridized carbons (Fsp3) is 0.571. The molecule has 0 spiro atoms. The number of aryl methyl sites for hydroxylation is 2. The minimum atomic E-state index is 0.0840. The number of nitrogens with one attached hydrogen (secondary N) is 1. The Morgan fingerprint density at radius 1 is 1.35 bits per heavy atom. The Kier molecular flexibility index (Phi) is 3.64. The molecule has 17 heavy (non-hydrogen) atoms. The molecule has 1 aliphatic carbocycles. The van der Waals surface area contributed by atoms with Gasteiger partial charge < -0.3 is 10.4 Å². The van der Waals surface area contributed by atoms with Crippen LogP contribution in [0.15, 0.2) is 12.1 Å². The Morgan fingerprint density at radius 3 is 2.53 bits per heavy atom. The lowest BCUT2D eigenvalue weighted by atomic mass is 9.69. The van der Waals surface area contributed by atoms with Crippen LogP contribution in [0, 0.1) is 19.3 Å². The number of aliphatic hydroxyl groups excluding tert-OH is 1. The van der Waals surface area contributed by atoms with Crippen molar-refractivity contribution < 1.29 is 5.11 Å². The summed E-state index contributed by atoms with van der Waals surface area (Å²) in [6.45, 7) is 5.19. The maximum Gasteiger partial charge on any atom is 0.0642 e. The first kappa shape index (κ1) is 12.7. The van der Waals surface area contributed by atoms with Crippen LogP contribution in [-0.4, -0.2) is 18.3 Å². The first-order valence-corrected chi connectivity index (χ1v) is 6.56. The molecule has 0 aliphatic heterocycles. The molecule has 2 nitrogen and oxygen atoms in total. The Labute approximate surface area is 108 Å². The average molecular weight is 254 g/mol. The Bertz CT molecular complexity index is 384. The Morgan fingerprint density at radius 2 is 2.06 bits per heavy atom. The van der Waals surface area contributed by atoms with Gasteiger partial charge in [-0.25, -0.2) is 0 Å². The summed E-state index contributed by atoms with van der Waals surface area (Å²) in [5.74, 6) is 0. The van der Waals surface area contributed by atoms with Gasteiger partial charge in [-0.1, -0.05) is 24.1 Å². The van der Waals surface area contributed by atoms with Crippen LogP contribution in [0.3, 0.4) is 0 Å². The minimum Gasteiger partial charge on any atom is -0.396 e. The van der Waals surface area contributed by atoms with Gasteiger partial charge in [-0.05, 0) is 43.9 Å². The third kappa shape index (κ3) is 2.58. The van der Waals surface area contributed by atoms with Gasteiger partial charge in [0.2, 0.25) is 0 Å². The predicted octanol–water partition coefficient (Wildman–Crippen LogP) is 3.53. The second-order valence-electron chi connectivity index (χ2n) is 5.30. The van der Waals surface area contributed by atoms with Crippen molar-refractivity contribution in [3.63, 3.8) is 0 Å². The molecule has 0 bridgehead atoms. The van der Waals surface area contributed by atoms with E-state index in [-0.39, 0.29) is 12.0 Å². The number of anilines is 1. The van der Waals surface area contributed by atoms with Crippen LogP contribution in [0.4, 0.5) is 5.69 Å². The van der Waals surface area contributed by atoms with E-state index < -0.39 is 0 Å². The molecule has 0 heterocycles. The minimum absolute atomic E-state index is 0.0840. The molecule has 94 valence electrons. The SMILES string of the molecule is Cc1cc(C)c(NCC2(CO)CCC2)c(Cl)c1. The first-order chi connectivity index (χ1) is 8.06. The molecule has 0 unspecified atom stereocenters. The molecule has 0 aromatic heterocycles. The van der Waals surface area contributed by atoms with E-state index in [2.05, 4.69) is 18.3 Å². The topological polar surface area (TPSA) is 32.3 Å². The van der Waals surface area contributed by atoms with Crippen molar-refractivity contribution >= 4 is 17.3 Å². The molecular formula is C14H20ClNO. The highest BCUT2D eigenvalue weighted by Gasteiger charge is 2.36. The Balaban J connectivity index is 2.09. The summed E-state index contributed by atoms with van der Waals surface area (Å²) in [6, 6.07) is 4.10. The number of aliphatic hydroxyl groups is 1. The second-order valence-corrected chi connectivity index (χ2v) is 5.71. The van der Waals surface area contributed by atoms with E-state index in [1.165, 1.54) is 17.5 Å². The summed E-state index contributed by atoms with van der Waals surface area (Å²) >= 11 is 6.24. The monoisotopic (exact) mass is 253 g/mol. The van der Waals surface area contributed by atoms with Crippen molar-refractivity contribution in [2.45, 2.75) is 33.1 Å². The number of hydrogen-bond donors (Lipinski definition) is 2. The molecule has 3 heteroatoms. The van der Waals surface area contributed by atoms with Gasteiger partial charge in [-0.3, -0.25) is 0 Å². The summed E-state index contributed by atoms with van der Waals surface area (Å²) in [4.78, 5) is 0. The molecule has 1 saturated carbocycles. The quantitative estimate of drug-likeness (QED) is 0.860. The van der Waals surface area contributed by atoms with Gasteiger partial charge in [0.25, 0.3) is 0 Å². The molecule has 0 amide bonds. The third-order valence-electron chi connectivity index (χ3n) is 3.82. The smallest absolute Gasteiger partial charge is 0.0642 e. The van der Waals surface area contributed by atoms with Gasteiger partial charge in [-0.2, -0.15) is 0 Å². The summed E-state index contributed by atoms with van der Waals surface area (Å²) in [7, 11) is 0. The van der Waals surface area contributed by atoms with Gasteiger partial charge in [0.15, 0.2) is 0 Å². The fourth-order valence-corrected chi connectivity index (χ4v) is 2.87. The normalized spacial score (nSPS) is 17.6. The fourth-order valence-electron chi connectivity index (χ4n) is 2.48. The van der Waals surface area contributed by atoms with E-state index >= 15 is 0 Å². The highest BCUT2D eigenvalue weighted by molar-refractivity contribution is 6.33. The van der Waals surface area contributed by atoms with Gasteiger partial charge in [0.05, 0.1) is 17.3 Å². The molecule has 1 fully saturated rings. The highest BCUT2D eigenvalue weighted by atomic mass is 35.5. The molecule has 2 N–H and O–H groups in total. The van der Waals surface area contributed by atoms with Gasteiger partial charge in [-0.15, -0.1) is 0 Å². The van der Waals surface area contributed by atoms with Crippen LogP contribution in [0.25, 0.3) is 0 Å². The second kappa shape index (κ2) is 4.87. The lowest BCUT2D eigenvalue weighted by Gasteiger charge is -2.40. The zero-order chi connectivity index (χ0) is 12.5. The van der Waals surface area contributed by atoms with E-state index in [4.69, 9.17) is 11.6 Å². The van der Waals surface area contributed by atoms with Gasteiger partial charge in [0.1, 0.15) is 0 Å². The summed E-state index contributed by atoms with van der Waals surface area (Å²) < 4.78 is 0. The Hall–Kier alpha value is -0.730. The maximum atomic E-state index is 9.42. The number of hydrogen-bond acceptors (Lipinski definition) is 2. The van der Waals surface area contributed by atoms with Crippen LogP contribution < -0.4 is 5.32 Å². The van der Waals surface area contributed by atoms with Crippen LogP contribution in [0.2, 0.25) is 5.02 Å².